The predicted molar refractivity (Wildman–Crippen MR) is 133 cm³/mol. The van der Waals surface area contributed by atoms with E-state index in [1.54, 1.807) is 12.4 Å². The molecule has 0 saturated heterocycles. The molecule has 0 aliphatic heterocycles. The summed E-state index contributed by atoms with van der Waals surface area (Å²) in [4.78, 5) is 16.8. The molecule has 2 aromatic heterocycles. The van der Waals surface area contributed by atoms with Crippen molar-refractivity contribution in [1.29, 1.82) is 0 Å². The Morgan fingerprint density at radius 3 is 2.38 bits per heavy atom. The molecule has 1 amide bonds. The number of halogens is 2. The van der Waals surface area contributed by atoms with Crippen molar-refractivity contribution in [3.63, 3.8) is 0 Å². The first-order valence-electron chi connectivity index (χ1n) is 9.73. The van der Waals surface area contributed by atoms with Crippen LogP contribution in [-0.4, -0.2) is 31.4 Å². The Morgan fingerprint density at radius 1 is 1.06 bits per heavy atom. The normalized spacial score (nSPS) is 10.9. The zero-order chi connectivity index (χ0) is 22.7. The summed E-state index contributed by atoms with van der Waals surface area (Å²) in [6.07, 6.45) is 3.42. The Labute approximate surface area is 203 Å². The molecule has 4 aromatic rings. The Morgan fingerprint density at radius 2 is 1.72 bits per heavy atom. The van der Waals surface area contributed by atoms with Crippen molar-refractivity contribution < 1.29 is 4.79 Å². The highest BCUT2D eigenvalue weighted by Gasteiger charge is 2.18. The van der Waals surface area contributed by atoms with Crippen LogP contribution in [0.5, 0.6) is 0 Å². The molecule has 0 spiro atoms. The number of nitrogens with zero attached hydrogens (tertiary/aromatic N) is 4. The number of nitrogens with one attached hydrogen (secondary N) is 1. The highest BCUT2D eigenvalue weighted by molar-refractivity contribution is 9.10. The summed E-state index contributed by atoms with van der Waals surface area (Å²) in [5.74, 6) is 0.744. The van der Waals surface area contributed by atoms with Gasteiger partial charge in [-0.3, -0.25) is 14.3 Å². The lowest BCUT2D eigenvalue weighted by Crippen LogP contribution is -2.16. The van der Waals surface area contributed by atoms with Crippen molar-refractivity contribution in [3.8, 4) is 17.1 Å². The molecule has 0 saturated carbocycles. The molecule has 4 rings (SSSR count). The van der Waals surface area contributed by atoms with Gasteiger partial charge >= 0.3 is 0 Å². The smallest absolute Gasteiger partial charge is 0.234 e. The first-order valence-corrected chi connectivity index (χ1v) is 11.9. The summed E-state index contributed by atoms with van der Waals surface area (Å²) in [6, 6.07) is 15.1. The van der Waals surface area contributed by atoms with Gasteiger partial charge in [-0.05, 0) is 73.5 Å². The number of anilines is 1. The third-order valence-corrected chi connectivity index (χ3v) is 6.39. The summed E-state index contributed by atoms with van der Waals surface area (Å²) in [6.45, 7) is 3.94. The van der Waals surface area contributed by atoms with E-state index in [2.05, 4.69) is 36.4 Å². The highest BCUT2D eigenvalue weighted by atomic mass is 79.9. The maximum atomic E-state index is 12.7. The summed E-state index contributed by atoms with van der Waals surface area (Å²) in [7, 11) is 0. The zero-order valence-electron chi connectivity index (χ0n) is 17.3. The van der Waals surface area contributed by atoms with Crippen LogP contribution in [0, 0.1) is 13.8 Å². The second-order valence-corrected chi connectivity index (χ2v) is 9.40. The van der Waals surface area contributed by atoms with Crippen molar-refractivity contribution in [3.05, 3.63) is 81.5 Å². The number of thioether (sulfide) groups is 1. The maximum absolute atomic E-state index is 12.7. The van der Waals surface area contributed by atoms with Crippen LogP contribution in [-0.2, 0) is 4.79 Å². The lowest BCUT2D eigenvalue weighted by molar-refractivity contribution is -0.113. The van der Waals surface area contributed by atoms with E-state index in [4.69, 9.17) is 11.6 Å². The SMILES string of the molecule is Cc1cc(Br)cc(C)c1NC(=O)CSc1nnc(-c2ccncc2)n1-c1ccc(Cl)cc1. The first kappa shape index (κ1) is 22.5. The molecular formula is C23H19BrClN5OS. The van der Waals surface area contributed by atoms with Gasteiger partial charge in [-0.2, -0.15) is 0 Å². The van der Waals surface area contributed by atoms with Gasteiger partial charge in [-0.15, -0.1) is 10.2 Å². The molecule has 0 atom stereocenters. The van der Waals surface area contributed by atoms with Gasteiger partial charge in [0.1, 0.15) is 0 Å². The number of hydrogen-bond donors (Lipinski definition) is 1. The fraction of sp³-hybridized carbons (Fsp3) is 0.130. The number of aromatic nitrogens is 4. The third kappa shape index (κ3) is 5.03. The van der Waals surface area contributed by atoms with Crippen molar-refractivity contribution >= 4 is 50.9 Å². The second-order valence-electron chi connectivity index (χ2n) is 7.11. The molecule has 162 valence electrons. The molecule has 32 heavy (non-hydrogen) atoms. The minimum atomic E-state index is -0.111. The number of carbonyl (C=O) groups excluding carboxylic acids is 1. The van der Waals surface area contributed by atoms with Gasteiger partial charge < -0.3 is 5.32 Å². The van der Waals surface area contributed by atoms with Gasteiger partial charge in [0.25, 0.3) is 0 Å². The monoisotopic (exact) mass is 527 g/mol. The van der Waals surface area contributed by atoms with E-state index in [0.29, 0.717) is 16.0 Å². The van der Waals surface area contributed by atoms with E-state index in [1.165, 1.54) is 11.8 Å². The van der Waals surface area contributed by atoms with Gasteiger partial charge in [0.15, 0.2) is 11.0 Å². The van der Waals surface area contributed by atoms with Crippen LogP contribution in [0.15, 0.2) is 70.6 Å². The van der Waals surface area contributed by atoms with Crippen molar-refractivity contribution in [2.24, 2.45) is 0 Å². The summed E-state index contributed by atoms with van der Waals surface area (Å²) in [5.41, 5.74) is 4.56. The van der Waals surface area contributed by atoms with E-state index < -0.39 is 0 Å². The Balaban J connectivity index is 1.59. The fourth-order valence-corrected chi connectivity index (χ4v) is 4.85. The van der Waals surface area contributed by atoms with Crippen LogP contribution in [0.3, 0.4) is 0 Å². The van der Waals surface area contributed by atoms with Gasteiger partial charge in [-0.25, -0.2) is 0 Å². The molecule has 9 heteroatoms. The number of hydrogen-bond acceptors (Lipinski definition) is 5. The number of rotatable bonds is 6. The molecule has 0 fully saturated rings. The van der Waals surface area contributed by atoms with Crippen molar-refractivity contribution in [2.45, 2.75) is 19.0 Å². The third-order valence-electron chi connectivity index (χ3n) is 4.75. The minimum absolute atomic E-state index is 0.111. The number of aryl methyl sites for hydroxylation is 2. The standard InChI is InChI=1S/C23H19BrClN5OS/c1-14-11-17(24)12-15(2)21(14)27-20(31)13-32-23-29-28-22(16-7-9-26-10-8-16)30(23)19-5-3-18(25)4-6-19/h3-12H,13H2,1-2H3,(H,27,31). The van der Waals surface area contributed by atoms with Crippen LogP contribution in [0.1, 0.15) is 11.1 Å². The molecule has 0 aliphatic rings. The van der Waals surface area contributed by atoms with Crippen molar-refractivity contribution in [2.75, 3.05) is 11.1 Å². The van der Waals surface area contributed by atoms with Gasteiger partial charge in [0, 0.05) is 38.8 Å². The second kappa shape index (κ2) is 9.85. The van der Waals surface area contributed by atoms with Gasteiger partial charge in [0.05, 0.1) is 5.75 Å². The Kier molecular flexibility index (Phi) is 6.93. The molecule has 0 bridgehead atoms. The van der Waals surface area contributed by atoms with Gasteiger partial charge in [0.2, 0.25) is 5.91 Å². The molecule has 1 N–H and O–H groups in total. The van der Waals surface area contributed by atoms with E-state index in [-0.39, 0.29) is 11.7 Å². The average molecular weight is 529 g/mol. The summed E-state index contributed by atoms with van der Waals surface area (Å²) >= 11 is 10.9. The van der Waals surface area contributed by atoms with E-state index in [1.807, 2.05) is 66.9 Å². The molecule has 0 unspecified atom stereocenters. The highest BCUT2D eigenvalue weighted by Crippen LogP contribution is 2.29. The molecule has 6 nitrogen and oxygen atoms in total. The topological polar surface area (TPSA) is 72.7 Å². The molecular weight excluding hydrogens is 510 g/mol. The molecule has 0 aliphatic carbocycles. The maximum Gasteiger partial charge on any atom is 0.234 e. The summed E-state index contributed by atoms with van der Waals surface area (Å²) in [5, 5.41) is 13.0. The summed E-state index contributed by atoms with van der Waals surface area (Å²) < 4.78 is 2.90. The van der Waals surface area contributed by atoms with E-state index in [0.717, 1.165) is 32.5 Å². The van der Waals surface area contributed by atoms with Crippen LogP contribution >= 0.6 is 39.3 Å². The largest absolute Gasteiger partial charge is 0.325 e. The lowest BCUT2D eigenvalue weighted by atomic mass is 10.1. The minimum Gasteiger partial charge on any atom is -0.325 e. The quantitative estimate of drug-likeness (QED) is 0.307. The van der Waals surface area contributed by atoms with Crippen LogP contribution in [0.4, 0.5) is 5.69 Å². The van der Waals surface area contributed by atoms with Crippen LogP contribution in [0.25, 0.3) is 17.1 Å². The molecule has 2 aromatic carbocycles. The van der Waals surface area contributed by atoms with Gasteiger partial charge in [-0.1, -0.05) is 39.3 Å². The number of amides is 1. The number of benzene rings is 2. The number of carbonyl (C=O) groups is 1. The predicted octanol–water partition coefficient (Wildman–Crippen LogP) is 6.09. The van der Waals surface area contributed by atoms with Crippen LogP contribution < -0.4 is 5.32 Å². The first-order chi connectivity index (χ1) is 15.4. The van der Waals surface area contributed by atoms with Crippen LogP contribution in [0.2, 0.25) is 5.02 Å². The van der Waals surface area contributed by atoms with E-state index in [9.17, 15) is 4.79 Å². The zero-order valence-corrected chi connectivity index (χ0v) is 20.5. The van der Waals surface area contributed by atoms with E-state index >= 15 is 0 Å². The number of pyridine rings is 1. The Hall–Kier alpha value is -2.68. The van der Waals surface area contributed by atoms with Crippen molar-refractivity contribution in [1.82, 2.24) is 19.7 Å². The molecule has 0 radical (unpaired) electrons. The fourth-order valence-electron chi connectivity index (χ4n) is 3.29. The lowest BCUT2D eigenvalue weighted by Gasteiger charge is -2.13. The average Bonchev–Trinajstić information content (AvgIpc) is 3.20. The Bertz CT molecular complexity index is 1240. The molecule has 2 heterocycles.